The molecule has 0 aliphatic heterocycles. The lowest BCUT2D eigenvalue weighted by Crippen LogP contribution is -1.98. The molecule has 2 aromatic rings. The summed E-state index contributed by atoms with van der Waals surface area (Å²) in [6.07, 6.45) is 0.350. The molecule has 21 heavy (non-hydrogen) atoms. The molecule has 0 N–H and O–H groups in total. The standard InChI is InChI=1S/C15H12FNO4/c1-9-6-10(2)15(7-13(9)17(19)20)21-14-5-3-4-12(16)11(14)8-18/h3-8H,1-2H3. The van der Waals surface area contributed by atoms with Crippen LogP contribution in [0.2, 0.25) is 0 Å². The smallest absolute Gasteiger partial charge is 0.276 e. The lowest BCUT2D eigenvalue weighted by molar-refractivity contribution is -0.385. The van der Waals surface area contributed by atoms with Gasteiger partial charge in [0.1, 0.15) is 17.3 Å². The van der Waals surface area contributed by atoms with E-state index in [9.17, 15) is 19.3 Å². The first-order valence-electron chi connectivity index (χ1n) is 6.11. The van der Waals surface area contributed by atoms with Gasteiger partial charge in [-0.25, -0.2) is 4.39 Å². The lowest BCUT2D eigenvalue weighted by Gasteiger charge is -2.11. The van der Waals surface area contributed by atoms with Crippen LogP contribution in [-0.4, -0.2) is 11.2 Å². The van der Waals surface area contributed by atoms with Crippen LogP contribution < -0.4 is 4.74 Å². The quantitative estimate of drug-likeness (QED) is 0.485. The molecule has 0 unspecified atom stereocenters. The van der Waals surface area contributed by atoms with E-state index in [1.165, 1.54) is 18.2 Å². The molecular weight excluding hydrogens is 277 g/mol. The maximum atomic E-state index is 13.5. The lowest BCUT2D eigenvalue weighted by atomic mass is 10.1. The minimum absolute atomic E-state index is 0.0197. The number of ether oxygens (including phenoxy) is 1. The Morgan fingerprint density at radius 2 is 1.90 bits per heavy atom. The van der Waals surface area contributed by atoms with Gasteiger partial charge in [0.25, 0.3) is 5.69 Å². The molecule has 0 amide bonds. The Bertz CT molecular complexity index is 728. The van der Waals surface area contributed by atoms with Crippen LogP contribution in [0.3, 0.4) is 0 Å². The number of benzene rings is 2. The third-order valence-corrected chi connectivity index (χ3v) is 3.04. The molecule has 2 aromatic carbocycles. The van der Waals surface area contributed by atoms with E-state index >= 15 is 0 Å². The van der Waals surface area contributed by atoms with Crippen molar-refractivity contribution in [3.05, 3.63) is 63.0 Å². The van der Waals surface area contributed by atoms with Crippen molar-refractivity contribution in [2.75, 3.05) is 0 Å². The summed E-state index contributed by atoms with van der Waals surface area (Å²) in [5.41, 5.74) is 0.832. The van der Waals surface area contributed by atoms with Crippen molar-refractivity contribution in [3.63, 3.8) is 0 Å². The van der Waals surface area contributed by atoms with E-state index in [2.05, 4.69) is 0 Å². The summed E-state index contributed by atoms with van der Waals surface area (Å²) in [6, 6.07) is 6.84. The number of nitro benzene ring substituents is 1. The predicted molar refractivity (Wildman–Crippen MR) is 74.4 cm³/mol. The third kappa shape index (κ3) is 2.89. The second kappa shape index (κ2) is 5.70. The van der Waals surface area contributed by atoms with E-state index in [1.807, 2.05) is 0 Å². The molecule has 0 atom stereocenters. The van der Waals surface area contributed by atoms with Crippen molar-refractivity contribution in [2.24, 2.45) is 0 Å². The van der Waals surface area contributed by atoms with Crippen LogP contribution in [0, 0.1) is 29.8 Å². The largest absolute Gasteiger partial charge is 0.456 e. The van der Waals surface area contributed by atoms with Gasteiger partial charge in [-0.2, -0.15) is 0 Å². The molecule has 108 valence electrons. The van der Waals surface area contributed by atoms with Crippen molar-refractivity contribution < 1.29 is 18.8 Å². The van der Waals surface area contributed by atoms with Gasteiger partial charge in [-0.05, 0) is 37.6 Å². The number of halogens is 1. The highest BCUT2D eigenvalue weighted by atomic mass is 19.1. The van der Waals surface area contributed by atoms with Crippen molar-refractivity contribution in [1.82, 2.24) is 0 Å². The van der Waals surface area contributed by atoms with E-state index in [0.29, 0.717) is 17.4 Å². The van der Waals surface area contributed by atoms with Crippen LogP contribution in [0.4, 0.5) is 10.1 Å². The number of nitro groups is 1. The van der Waals surface area contributed by atoms with Gasteiger partial charge in [0.05, 0.1) is 16.6 Å². The average Bonchev–Trinajstić information content (AvgIpc) is 2.41. The van der Waals surface area contributed by atoms with Crippen LogP contribution in [0.5, 0.6) is 11.5 Å². The fourth-order valence-electron chi connectivity index (χ4n) is 1.97. The SMILES string of the molecule is Cc1cc(C)c([N+](=O)[O-])cc1Oc1cccc(F)c1C=O. The molecule has 6 heteroatoms. The summed E-state index contributed by atoms with van der Waals surface area (Å²) in [5.74, 6) is -0.478. The van der Waals surface area contributed by atoms with Crippen LogP contribution in [0.15, 0.2) is 30.3 Å². The van der Waals surface area contributed by atoms with E-state index in [-0.39, 0.29) is 22.7 Å². The van der Waals surface area contributed by atoms with Crippen molar-refractivity contribution >= 4 is 12.0 Å². The van der Waals surface area contributed by atoms with Gasteiger partial charge in [0, 0.05) is 5.56 Å². The van der Waals surface area contributed by atoms with Gasteiger partial charge in [0.15, 0.2) is 6.29 Å². The molecule has 5 nitrogen and oxygen atoms in total. The molecule has 0 saturated carbocycles. The highest BCUT2D eigenvalue weighted by molar-refractivity contribution is 5.80. The Morgan fingerprint density at radius 1 is 1.19 bits per heavy atom. The Hall–Kier alpha value is -2.76. The highest BCUT2D eigenvalue weighted by Crippen LogP contribution is 2.33. The first kappa shape index (κ1) is 14.6. The summed E-state index contributed by atoms with van der Waals surface area (Å²) < 4.78 is 19.0. The van der Waals surface area contributed by atoms with Gasteiger partial charge in [-0.3, -0.25) is 14.9 Å². The molecule has 0 fully saturated rings. The molecule has 0 heterocycles. The minimum Gasteiger partial charge on any atom is -0.456 e. The maximum absolute atomic E-state index is 13.5. The number of rotatable bonds is 4. The van der Waals surface area contributed by atoms with Crippen molar-refractivity contribution in [2.45, 2.75) is 13.8 Å². The Balaban J connectivity index is 2.50. The first-order valence-corrected chi connectivity index (χ1v) is 6.11. The highest BCUT2D eigenvalue weighted by Gasteiger charge is 2.16. The third-order valence-electron chi connectivity index (χ3n) is 3.04. The summed E-state index contributed by atoms with van der Waals surface area (Å²) in [5, 5.41) is 10.9. The molecule has 0 radical (unpaired) electrons. The first-order chi connectivity index (χ1) is 9.93. The van der Waals surface area contributed by atoms with Crippen LogP contribution in [-0.2, 0) is 0 Å². The Morgan fingerprint density at radius 3 is 2.52 bits per heavy atom. The summed E-state index contributed by atoms with van der Waals surface area (Å²) in [6.45, 7) is 3.33. The molecule has 0 aliphatic carbocycles. The molecule has 0 spiro atoms. The van der Waals surface area contributed by atoms with E-state index in [0.717, 1.165) is 6.07 Å². The van der Waals surface area contributed by atoms with Crippen LogP contribution >= 0.6 is 0 Å². The number of hydrogen-bond acceptors (Lipinski definition) is 4. The number of hydrogen-bond donors (Lipinski definition) is 0. The zero-order chi connectivity index (χ0) is 15.6. The zero-order valence-electron chi connectivity index (χ0n) is 11.4. The number of carbonyl (C=O) groups excluding carboxylic acids is 1. The molecule has 0 aliphatic rings. The average molecular weight is 289 g/mol. The van der Waals surface area contributed by atoms with Crippen LogP contribution in [0.25, 0.3) is 0 Å². The van der Waals surface area contributed by atoms with Gasteiger partial charge in [-0.15, -0.1) is 0 Å². The van der Waals surface area contributed by atoms with Gasteiger partial charge in [0.2, 0.25) is 0 Å². The fraction of sp³-hybridized carbons (Fsp3) is 0.133. The second-order valence-electron chi connectivity index (χ2n) is 4.53. The maximum Gasteiger partial charge on any atom is 0.276 e. The van der Waals surface area contributed by atoms with E-state index in [4.69, 9.17) is 4.74 Å². The number of nitrogens with zero attached hydrogens (tertiary/aromatic N) is 1. The normalized spacial score (nSPS) is 10.2. The van der Waals surface area contributed by atoms with Gasteiger partial charge in [-0.1, -0.05) is 6.07 Å². The monoisotopic (exact) mass is 289 g/mol. The van der Waals surface area contributed by atoms with Gasteiger partial charge < -0.3 is 4.74 Å². The van der Waals surface area contributed by atoms with Crippen molar-refractivity contribution in [1.29, 1.82) is 0 Å². The number of aldehydes is 1. The van der Waals surface area contributed by atoms with Crippen LogP contribution in [0.1, 0.15) is 21.5 Å². The number of aryl methyl sites for hydroxylation is 2. The Kier molecular flexibility index (Phi) is 3.98. The molecular formula is C15H12FNO4. The number of carbonyl (C=O) groups is 1. The van der Waals surface area contributed by atoms with E-state index < -0.39 is 10.7 Å². The molecule has 2 rings (SSSR count). The predicted octanol–water partition coefficient (Wildman–Crippen LogP) is 3.96. The molecule has 0 bridgehead atoms. The zero-order valence-corrected chi connectivity index (χ0v) is 11.4. The Labute approximate surface area is 120 Å². The minimum atomic E-state index is -0.707. The van der Waals surface area contributed by atoms with E-state index in [1.54, 1.807) is 19.9 Å². The fourth-order valence-corrected chi connectivity index (χ4v) is 1.97. The summed E-state index contributed by atoms with van der Waals surface area (Å²) in [4.78, 5) is 21.4. The van der Waals surface area contributed by atoms with Gasteiger partial charge >= 0.3 is 0 Å². The topological polar surface area (TPSA) is 69.4 Å². The summed E-state index contributed by atoms with van der Waals surface area (Å²) in [7, 11) is 0. The van der Waals surface area contributed by atoms with Crippen molar-refractivity contribution in [3.8, 4) is 11.5 Å². The summed E-state index contributed by atoms with van der Waals surface area (Å²) >= 11 is 0. The second-order valence-corrected chi connectivity index (χ2v) is 4.53. The molecule has 0 saturated heterocycles. The molecule has 0 aromatic heterocycles.